The first kappa shape index (κ1) is 17.0. The van der Waals surface area contributed by atoms with Crippen LogP contribution in [0.5, 0.6) is 0 Å². The molecular weight excluding hydrogens is 376 g/mol. The van der Waals surface area contributed by atoms with E-state index in [-0.39, 0.29) is 23.4 Å². The van der Waals surface area contributed by atoms with Gasteiger partial charge in [-0.25, -0.2) is 4.98 Å². The number of carbonyl (C=O) groups excluding carboxylic acids is 2. The quantitative estimate of drug-likeness (QED) is 0.845. The average molecular weight is 397 g/mol. The molecule has 4 nitrogen and oxygen atoms in total. The third-order valence-electron chi connectivity index (χ3n) is 4.55. The van der Waals surface area contributed by atoms with Crippen LogP contribution in [0.1, 0.15) is 44.1 Å². The van der Waals surface area contributed by atoms with Gasteiger partial charge in [0.25, 0.3) is 0 Å². The Kier molecular flexibility index (Phi) is 5.75. The lowest BCUT2D eigenvalue weighted by Gasteiger charge is -2.24. The minimum Gasteiger partial charge on any atom is -0.356 e. The molecule has 6 heteroatoms. The smallest absolute Gasteiger partial charge is 0.221 e. The van der Waals surface area contributed by atoms with Gasteiger partial charge in [0.05, 0.1) is 5.25 Å². The molecule has 1 N–H and O–H groups in total. The van der Waals surface area contributed by atoms with Crippen molar-refractivity contribution in [3.05, 3.63) is 22.3 Å². The number of aromatic nitrogens is 1. The Balaban J connectivity index is 1.52. The first-order valence-corrected chi connectivity index (χ1v) is 9.89. The maximum atomic E-state index is 12.3. The summed E-state index contributed by atoms with van der Waals surface area (Å²) in [5.41, 5.74) is 0.952. The van der Waals surface area contributed by atoms with Crippen LogP contribution in [0.3, 0.4) is 0 Å². The largest absolute Gasteiger partial charge is 0.356 e. The van der Waals surface area contributed by atoms with Crippen LogP contribution in [0.15, 0.2) is 21.8 Å². The zero-order valence-corrected chi connectivity index (χ0v) is 15.4. The highest BCUT2D eigenvalue weighted by atomic mass is 79.9. The van der Waals surface area contributed by atoms with Gasteiger partial charge in [-0.3, -0.25) is 9.59 Å². The normalized spacial score (nSPS) is 21.8. The molecule has 0 radical (unpaired) electrons. The van der Waals surface area contributed by atoms with Gasteiger partial charge >= 0.3 is 0 Å². The lowest BCUT2D eigenvalue weighted by molar-refractivity contribution is -0.125. The Morgan fingerprint density at radius 1 is 1.35 bits per heavy atom. The summed E-state index contributed by atoms with van der Waals surface area (Å²) in [6.45, 7) is 0.756. The summed E-state index contributed by atoms with van der Waals surface area (Å²) in [7, 11) is 0. The zero-order chi connectivity index (χ0) is 16.2. The van der Waals surface area contributed by atoms with Crippen molar-refractivity contribution in [2.45, 2.75) is 55.2 Å². The third-order valence-corrected chi connectivity index (χ3v) is 6.29. The first-order valence-electron chi connectivity index (χ1n) is 8.22. The fraction of sp³-hybridized carbons (Fsp3) is 0.588. The maximum absolute atomic E-state index is 12.3. The molecule has 1 atom stereocenters. The summed E-state index contributed by atoms with van der Waals surface area (Å²) in [6, 6.07) is 1.94. The molecule has 1 aromatic heterocycles. The van der Waals surface area contributed by atoms with E-state index in [0.717, 1.165) is 21.6 Å². The molecule has 23 heavy (non-hydrogen) atoms. The number of nitrogens with one attached hydrogen (secondary N) is 1. The second-order valence-electron chi connectivity index (χ2n) is 6.38. The van der Waals surface area contributed by atoms with Crippen molar-refractivity contribution in [3.63, 3.8) is 0 Å². The van der Waals surface area contributed by atoms with Crippen molar-refractivity contribution >= 4 is 39.4 Å². The highest BCUT2D eigenvalue weighted by Crippen LogP contribution is 2.34. The Hall–Kier alpha value is -0.880. The molecule has 0 saturated heterocycles. The number of pyridine rings is 1. The molecule has 0 bridgehead atoms. The van der Waals surface area contributed by atoms with Crippen molar-refractivity contribution in [2.75, 3.05) is 6.54 Å². The molecule has 3 rings (SSSR count). The molecule has 1 aliphatic heterocycles. The number of hydrogen-bond donors (Lipinski definition) is 1. The Morgan fingerprint density at radius 2 is 2.13 bits per heavy atom. The molecule has 1 amide bonds. The van der Waals surface area contributed by atoms with E-state index < -0.39 is 0 Å². The maximum Gasteiger partial charge on any atom is 0.221 e. The number of amides is 1. The summed E-state index contributed by atoms with van der Waals surface area (Å²) < 4.78 is 0.883. The van der Waals surface area contributed by atoms with E-state index in [1.807, 2.05) is 6.07 Å². The predicted octanol–water partition coefficient (Wildman–Crippen LogP) is 3.52. The minimum absolute atomic E-state index is 0.0121. The Labute approximate surface area is 149 Å². The number of halogens is 1. The molecule has 0 spiro atoms. The predicted molar refractivity (Wildman–Crippen MR) is 94.5 cm³/mol. The number of nitrogens with zero attached hydrogens (tertiary/aromatic N) is 1. The van der Waals surface area contributed by atoms with Crippen molar-refractivity contribution < 1.29 is 9.59 Å². The molecule has 1 fully saturated rings. The number of ketones is 1. The number of fused-ring (bicyclic) bond motifs is 1. The van der Waals surface area contributed by atoms with Gasteiger partial charge in [0.2, 0.25) is 5.91 Å². The molecule has 2 aliphatic rings. The monoisotopic (exact) mass is 396 g/mol. The van der Waals surface area contributed by atoms with Crippen molar-refractivity contribution in [2.24, 2.45) is 5.92 Å². The second kappa shape index (κ2) is 7.79. The molecule has 1 aromatic rings. The number of hydrogen-bond acceptors (Lipinski definition) is 4. The SMILES string of the molecule is O=C(CC1Sc2ncc(Br)cc2CC1=O)NCC1CCCCC1. The van der Waals surface area contributed by atoms with Gasteiger partial charge in [-0.15, -0.1) is 0 Å². The number of carbonyl (C=O) groups is 2. The number of Topliss-reactive ketones (excluding diaryl/α,β-unsaturated/α-hetero) is 1. The van der Waals surface area contributed by atoms with Gasteiger partial charge in [0.1, 0.15) is 5.03 Å². The summed E-state index contributed by atoms with van der Waals surface area (Å²) >= 11 is 4.80. The Morgan fingerprint density at radius 3 is 2.91 bits per heavy atom. The van der Waals surface area contributed by atoms with Gasteiger partial charge < -0.3 is 5.32 Å². The van der Waals surface area contributed by atoms with Crippen LogP contribution in [0.4, 0.5) is 0 Å². The molecule has 124 valence electrons. The minimum atomic E-state index is -0.303. The molecule has 1 aliphatic carbocycles. The zero-order valence-electron chi connectivity index (χ0n) is 13.0. The van der Waals surface area contributed by atoms with E-state index in [2.05, 4.69) is 26.2 Å². The first-order chi connectivity index (χ1) is 11.1. The summed E-state index contributed by atoms with van der Waals surface area (Å²) in [4.78, 5) is 28.8. The highest BCUT2D eigenvalue weighted by Gasteiger charge is 2.30. The fourth-order valence-corrected chi connectivity index (χ4v) is 4.74. The molecule has 0 aromatic carbocycles. The summed E-state index contributed by atoms with van der Waals surface area (Å²) in [5, 5.41) is 3.59. The summed E-state index contributed by atoms with van der Waals surface area (Å²) in [5.74, 6) is 0.722. The lowest BCUT2D eigenvalue weighted by Crippen LogP contribution is -2.35. The van der Waals surface area contributed by atoms with Crippen molar-refractivity contribution in [3.8, 4) is 0 Å². The van der Waals surface area contributed by atoms with Gasteiger partial charge in [-0.1, -0.05) is 31.0 Å². The molecule has 2 heterocycles. The molecule has 1 saturated carbocycles. The van der Waals surface area contributed by atoms with Gasteiger partial charge in [0.15, 0.2) is 5.78 Å². The average Bonchev–Trinajstić information content (AvgIpc) is 2.55. The van der Waals surface area contributed by atoms with E-state index in [1.165, 1.54) is 43.9 Å². The standard InChI is InChI=1S/C17H21BrN2O2S/c18-13-6-12-7-14(21)15(23-17(12)20-10-13)8-16(22)19-9-11-4-2-1-3-5-11/h6,10-11,15H,1-5,7-9H2,(H,19,22). The van der Waals surface area contributed by atoms with Gasteiger partial charge in [-0.2, -0.15) is 0 Å². The van der Waals surface area contributed by atoms with Crippen LogP contribution in [0.2, 0.25) is 0 Å². The van der Waals surface area contributed by atoms with E-state index in [0.29, 0.717) is 12.3 Å². The van der Waals surface area contributed by atoms with Crippen LogP contribution in [-0.4, -0.2) is 28.5 Å². The van der Waals surface area contributed by atoms with Crippen LogP contribution in [0, 0.1) is 5.92 Å². The second-order valence-corrected chi connectivity index (χ2v) is 8.49. The van der Waals surface area contributed by atoms with E-state index in [1.54, 1.807) is 6.20 Å². The number of thioether (sulfide) groups is 1. The van der Waals surface area contributed by atoms with E-state index in [9.17, 15) is 9.59 Å². The fourth-order valence-electron chi connectivity index (χ4n) is 3.25. The highest BCUT2D eigenvalue weighted by molar-refractivity contribution is 9.10. The van der Waals surface area contributed by atoms with Crippen molar-refractivity contribution in [1.29, 1.82) is 0 Å². The van der Waals surface area contributed by atoms with Gasteiger partial charge in [0, 0.05) is 30.1 Å². The lowest BCUT2D eigenvalue weighted by atomic mass is 9.89. The Bertz CT molecular complexity index is 602. The van der Waals surface area contributed by atoms with Crippen LogP contribution < -0.4 is 5.32 Å². The molecular formula is C17H21BrN2O2S. The van der Waals surface area contributed by atoms with Gasteiger partial charge in [-0.05, 0) is 46.3 Å². The number of rotatable bonds is 4. The molecule has 1 unspecified atom stereocenters. The summed E-state index contributed by atoms with van der Waals surface area (Å²) in [6.07, 6.45) is 8.66. The topological polar surface area (TPSA) is 59.1 Å². The van der Waals surface area contributed by atoms with E-state index in [4.69, 9.17) is 0 Å². The third kappa shape index (κ3) is 4.57. The van der Waals surface area contributed by atoms with Crippen LogP contribution in [0.25, 0.3) is 0 Å². The van der Waals surface area contributed by atoms with Crippen molar-refractivity contribution in [1.82, 2.24) is 10.3 Å². The van der Waals surface area contributed by atoms with Crippen LogP contribution in [-0.2, 0) is 16.0 Å². The van der Waals surface area contributed by atoms with Crippen LogP contribution >= 0.6 is 27.7 Å². The van der Waals surface area contributed by atoms with E-state index >= 15 is 0 Å².